The first-order chi connectivity index (χ1) is 8.20. The van der Waals surface area contributed by atoms with Gasteiger partial charge in [0.15, 0.2) is 0 Å². The van der Waals surface area contributed by atoms with Gasteiger partial charge in [0.25, 0.3) is 5.56 Å². The van der Waals surface area contributed by atoms with Crippen molar-refractivity contribution in [2.24, 2.45) is 11.7 Å². The van der Waals surface area contributed by atoms with Crippen LogP contribution in [-0.2, 0) is 19.4 Å². The van der Waals surface area contributed by atoms with Crippen LogP contribution in [0.15, 0.2) is 10.9 Å². The van der Waals surface area contributed by atoms with Crippen molar-refractivity contribution in [3.63, 3.8) is 0 Å². The molecule has 3 rings (SSSR count). The summed E-state index contributed by atoms with van der Waals surface area (Å²) < 4.78 is 2.06. The molecule has 0 aromatic carbocycles. The molecule has 2 N–H and O–H groups in total. The second-order valence-corrected chi connectivity index (χ2v) is 5.60. The molecule has 3 nitrogen and oxygen atoms in total. The summed E-state index contributed by atoms with van der Waals surface area (Å²) in [5, 5.41) is 0. The first-order valence-corrected chi connectivity index (χ1v) is 6.67. The third kappa shape index (κ3) is 1.82. The lowest BCUT2D eigenvalue weighted by Crippen LogP contribution is -2.31. The van der Waals surface area contributed by atoms with E-state index in [0.717, 1.165) is 37.2 Å². The van der Waals surface area contributed by atoms with Crippen LogP contribution in [0.4, 0.5) is 0 Å². The van der Waals surface area contributed by atoms with E-state index in [1.807, 2.05) is 0 Å². The van der Waals surface area contributed by atoms with Gasteiger partial charge in [-0.25, -0.2) is 0 Å². The molecule has 2 aliphatic rings. The van der Waals surface area contributed by atoms with Gasteiger partial charge in [-0.15, -0.1) is 0 Å². The Morgan fingerprint density at radius 3 is 2.82 bits per heavy atom. The number of hydrogen-bond acceptors (Lipinski definition) is 2. The molecule has 3 heteroatoms. The maximum atomic E-state index is 12.3. The zero-order valence-electron chi connectivity index (χ0n) is 10.4. The Bertz CT molecular complexity index is 500. The van der Waals surface area contributed by atoms with E-state index in [2.05, 4.69) is 17.6 Å². The summed E-state index contributed by atoms with van der Waals surface area (Å²) in [6.07, 6.45) is 5.70. The fourth-order valence-corrected chi connectivity index (χ4v) is 2.97. The van der Waals surface area contributed by atoms with Crippen molar-refractivity contribution in [1.82, 2.24) is 4.57 Å². The average Bonchev–Trinajstić information content (AvgIpc) is 3.12. The predicted molar refractivity (Wildman–Crippen MR) is 68.1 cm³/mol. The zero-order chi connectivity index (χ0) is 12.0. The molecule has 1 fully saturated rings. The largest absolute Gasteiger partial charge is 0.326 e. The highest BCUT2D eigenvalue weighted by Gasteiger charge is 2.30. The molecule has 0 amide bonds. The molecule has 0 aliphatic heterocycles. The average molecular weight is 232 g/mol. The van der Waals surface area contributed by atoms with Crippen LogP contribution in [0.25, 0.3) is 0 Å². The highest BCUT2D eigenvalue weighted by Crippen LogP contribution is 2.37. The Morgan fingerprint density at radius 1 is 1.41 bits per heavy atom. The summed E-state index contributed by atoms with van der Waals surface area (Å²) in [5.41, 5.74) is 9.33. The summed E-state index contributed by atoms with van der Waals surface area (Å²) in [4.78, 5) is 12.3. The molecule has 1 unspecified atom stereocenters. The van der Waals surface area contributed by atoms with Crippen LogP contribution in [0.1, 0.15) is 49.0 Å². The Labute approximate surface area is 102 Å². The van der Waals surface area contributed by atoms with Crippen LogP contribution >= 0.6 is 0 Å². The van der Waals surface area contributed by atoms with Gasteiger partial charge in [0, 0.05) is 23.8 Å². The van der Waals surface area contributed by atoms with Gasteiger partial charge in [-0.1, -0.05) is 6.92 Å². The minimum absolute atomic E-state index is 0.170. The molecule has 1 saturated carbocycles. The quantitative estimate of drug-likeness (QED) is 0.844. The van der Waals surface area contributed by atoms with E-state index in [-0.39, 0.29) is 5.56 Å². The summed E-state index contributed by atoms with van der Waals surface area (Å²) in [7, 11) is 0. The molecule has 92 valence electrons. The zero-order valence-corrected chi connectivity index (χ0v) is 10.4. The monoisotopic (exact) mass is 232 g/mol. The smallest absolute Gasteiger partial charge is 0.255 e. The topological polar surface area (TPSA) is 48.0 Å². The van der Waals surface area contributed by atoms with Crippen molar-refractivity contribution in [3.8, 4) is 0 Å². The molecule has 17 heavy (non-hydrogen) atoms. The van der Waals surface area contributed by atoms with Gasteiger partial charge in [-0.2, -0.15) is 0 Å². The van der Waals surface area contributed by atoms with Gasteiger partial charge < -0.3 is 10.3 Å². The van der Waals surface area contributed by atoms with Crippen LogP contribution < -0.4 is 11.3 Å². The van der Waals surface area contributed by atoms with E-state index in [0.29, 0.717) is 12.6 Å². The van der Waals surface area contributed by atoms with Crippen molar-refractivity contribution in [2.45, 2.75) is 51.6 Å². The van der Waals surface area contributed by atoms with Crippen molar-refractivity contribution in [3.05, 3.63) is 33.2 Å². The van der Waals surface area contributed by atoms with Gasteiger partial charge in [0.1, 0.15) is 0 Å². The standard InChI is InChI=1S/C14H20N2O/c1-9-2-5-13-10(6-9)7-11(8-15)14(17)16(13)12-3-4-12/h7,9,12H,2-6,8,15H2,1H3. The third-order valence-electron chi connectivity index (χ3n) is 4.08. The van der Waals surface area contributed by atoms with E-state index in [1.54, 1.807) is 0 Å². The van der Waals surface area contributed by atoms with Gasteiger partial charge >= 0.3 is 0 Å². The second-order valence-electron chi connectivity index (χ2n) is 5.60. The fourth-order valence-electron chi connectivity index (χ4n) is 2.97. The van der Waals surface area contributed by atoms with E-state index in [4.69, 9.17) is 5.73 Å². The highest BCUT2D eigenvalue weighted by atomic mass is 16.1. The maximum Gasteiger partial charge on any atom is 0.255 e. The number of nitrogens with zero attached hydrogens (tertiary/aromatic N) is 1. The van der Waals surface area contributed by atoms with E-state index < -0.39 is 0 Å². The number of nitrogens with two attached hydrogens (primary N) is 1. The molecule has 1 heterocycles. The van der Waals surface area contributed by atoms with Crippen molar-refractivity contribution in [1.29, 1.82) is 0 Å². The van der Waals surface area contributed by atoms with E-state index in [1.165, 1.54) is 17.7 Å². The molecule has 0 radical (unpaired) electrons. The molecular weight excluding hydrogens is 212 g/mol. The maximum absolute atomic E-state index is 12.3. The fraction of sp³-hybridized carbons (Fsp3) is 0.643. The van der Waals surface area contributed by atoms with Gasteiger partial charge in [-0.3, -0.25) is 4.79 Å². The van der Waals surface area contributed by atoms with Gasteiger partial charge in [0.2, 0.25) is 0 Å². The van der Waals surface area contributed by atoms with E-state index in [9.17, 15) is 4.79 Å². The number of rotatable bonds is 2. The molecule has 0 bridgehead atoms. The minimum atomic E-state index is 0.170. The molecule has 1 atom stereocenters. The molecule has 0 spiro atoms. The van der Waals surface area contributed by atoms with Gasteiger partial charge in [0.05, 0.1) is 0 Å². The molecule has 1 aromatic heterocycles. The van der Waals surface area contributed by atoms with E-state index >= 15 is 0 Å². The van der Waals surface area contributed by atoms with Crippen molar-refractivity contribution in [2.75, 3.05) is 0 Å². The predicted octanol–water partition coefficient (Wildman–Crippen LogP) is 1.77. The van der Waals surface area contributed by atoms with Crippen LogP contribution in [0.3, 0.4) is 0 Å². The summed E-state index contributed by atoms with van der Waals surface area (Å²) in [5.74, 6) is 0.735. The summed E-state index contributed by atoms with van der Waals surface area (Å²) in [6.45, 7) is 2.66. The molecular formula is C14H20N2O. The first-order valence-electron chi connectivity index (χ1n) is 6.67. The molecule has 1 aromatic rings. The Hall–Kier alpha value is -1.09. The second kappa shape index (κ2) is 3.98. The lowest BCUT2D eigenvalue weighted by Gasteiger charge is -2.25. The minimum Gasteiger partial charge on any atom is -0.326 e. The van der Waals surface area contributed by atoms with Crippen LogP contribution in [0.2, 0.25) is 0 Å². The normalized spacial score (nSPS) is 23.5. The molecule has 0 saturated heterocycles. The number of hydrogen-bond donors (Lipinski definition) is 1. The first kappa shape index (κ1) is 11.0. The Kier molecular flexibility index (Phi) is 2.58. The van der Waals surface area contributed by atoms with Gasteiger partial charge in [-0.05, 0) is 49.7 Å². The number of aromatic nitrogens is 1. The summed E-state index contributed by atoms with van der Waals surface area (Å²) in [6, 6.07) is 2.53. The SMILES string of the molecule is CC1CCc2c(cc(CN)c(=O)n2C2CC2)C1. The molecule has 2 aliphatic carbocycles. The Balaban J connectivity index is 2.17. The lowest BCUT2D eigenvalue weighted by molar-refractivity contribution is 0.470. The third-order valence-corrected chi connectivity index (χ3v) is 4.08. The van der Waals surface area contributed by atoms with Crippen LogP contribution in [0.5, 0.6) is 0 Å². The lowest BCUT2D eigenvalue weighted by atomic mass is 9.87. The van der Waals surface area contributed by atoms with Crippen LogP contribution in [0, 0.1) is 5.92 Å². The summed E-state index contributed by atoms with van der Waals surface area (Å²) >= 11 is 0. The highest BCUT2D eigenvalue weighted by molar-refractivity contribution is 5.30. The van der Waals surface area contributed by atoms with Crippen LogP contribution in [-0.4, -0.2) is 4.57 Å². The number of fused-ring (bicyclic) bond motifs is 1. The number of pyridine rings is 1. The van der Waals surface area contributed by atoms with Crippen molar-refractivity contribution >= 4 is 0 Å². The Morgan fingerprint density at radius 2 is 2.18 bits per heavy atom. The van der Waals surface area contributed by atoms with Crippen molar-refractivity contribution < 1.29 is 0 Å².